The Bertz CT molecular complexity index is 631. The molecule has 3 rings (SSSR count). The molecule has 0 unspecified atom stereocenters. The summed E-state index contributed by atoms with van der Waals surface area (Å²) in [5, 5.41) is 0. The third-order valence-electron chi connectivity index (χ3n) is 4.83. The number of aryl methyl sites for hydroxylation is 1. The standard InChI is InChI=1S/C17H24N4O2/c1-11-5-14-8-21(9-15(14)6-19-11)17(23)13-3-4-16(18)10-20(7-13)12(2)22/h5-6,13,16H,3-4,7-10,18H2,1-2H3/t13-,16+/m1/s1. The number of nitrogens with two attached hydrogens (primary N) is 1. The zero-order valence-electron chi connectivity index (χ0n) is 13.8. The molecule has 0 aliphatic carbocycles. The van der Waals surface area contributed by atoms with Crippen molar-refractivity contribution >= 4 is 11.8 Å². The van der Waals surface area contributed by atoms with Gasteiger partial charge in [-0.15, -0.1) is 0 Å². The number of hydrogen-bond acceptors (Lipinski definition) is 4. The van der Waals surface area contributed by atoms with Crippen molar-refractivity contribution in [3.05, 3.63) is 29.1 Å². The fraction of sp³-hybridized carbons (Fsp3) is 0.588. The summed E-state index contributed by atoms with van der Waals surface area (Å²) in [5.74, 6) is -0.0419. The molecule has 6 nitrogen and oxygen atoms in total. The summed E-state index contributed by atoms with van der Waals surface area (Å²) in [6.07, 6.45) is 3.39. The topological polar surface area (TPSA) is 79.5 Å². The van der Waals surface area contributed by atoms with E-state index in [0.717, 1.165) is 24.1 Å². The Morgan fingerprint density at radius 1 is 1.17 bits per heavy atom. The lowest BCUT2D eigenvalue weighted by Gasteiger charge is -2.26. The van der Waals surface area contributed by atoms with Crippen molar-refractivity contribution < 1.29 is 9.59 Å². The third-order valence-corrected chi connectivity index (χ3v) is 4.83. The molecule has 2 amide bonds. The van der Waals surface area contributed by atoms with E-state index < -0.39 is 0 Å². The maximum atomic E-state index is 12.9. The summed E-state index contributed by atoms with van der Waals surface area (Å²) in [6.45, 7) is 5.78. The average molecular weight is 316 g/mol. The molecule has 6 heteroatoms. The van der Waals surface area contributed by atoms with Crippen LogP contribution >= 0.6 is 0 Å². The monoisotopic (exact) mass is 316 g/mol. The van der Waals surface area contributed by atoms with Crippen molar-refractivity contribution in [1.29, 1.82) is 0 Å². The summed E-state index contributed by atoms with van der Waals surface area (Å²) < 4.78 is 0. The Labute approximate surface area is 136 Å². The van der Waals surface area contributed by atoms with E-state index in [-0.39, 0.29) is 23.8 Å². The largest absolute Gasteiger partial charge is 0.341 e. The highest BCUT2D eigenvalue weighted by atomic mass is 16.2. The van der Waals surface area contributed by atoms with Crippen LogP contribution in [0, 0.1) is 12.8 Å². The molecule has 0 saturated carbocycles. The number of likely N-dealkylation sites (tertiary alicyclic amines) is 1. The minimum atomic E-state index is -0.157. The number of fused-ring (bicyclic) bond motifs is 1. The molecular weight excluding hydrogens is 292 g/mol. The van der Waals surface area contributed by atoms with Crippen molar-refractivity contribution in [2.45, 2.75) is 45.8 Å². The first-order valence-electron chi connectivity index (χ1n) is 8.18. The molecular formula is C17H24N4O2. The number of rotatable bonds is 1. The Morgan fingerprint density at radius 3 is 2.65 bits per heavy atom. The second-order valence-electron chi connectivity index (χ2n) is 6.75. The normalized spacial score (nSPS) is 24.3. The van der Waals surface area contributed by atoms with Gasteiger partial charge in [-0.3, -0.25) is 14.6 Å². The van der Waals surface area contributed by atoms with Gasteiger partial charge in [-0.1, -0.05) is 0 Å². The van der Waals surface area contributed by atoms with Crippen molar-refractivity contribution in [1.82, 2.24) is 14.8 Å². The van der Waals surface area contributed by atoms with Gasteiger partial charge >= 0.3 is 0 Å². The molecule has 2 aliphatic rings. The molecule has 3 heterocycles. The van der Waals surface area contributed by atoms with Crippen LogP contribution in [0.15, 0.2) is 12.3 Å². The van der Waals surface area contributed by atoms with Gasteiger partial charge in [0.2, 0.25) is 11.8 Å². The third kappa shape index (κ3) is 3.37. The average Bonchev–Trinajstić information content (AvgIpc) is 2.81. The second kappa shape index (κ2) is 6.28. The van der Waals surface area contributed by atoms with Crippen LogP contribution in [0.5, 0.6) is 0 Å². The Morgan fingerprint density at radius 2 is 1.91 bits per heavy atom. The van der Waals surface area contributed by atoms with Crippen LogP contribution in [0.2, 0.25) is 0 Å². The number of pyridine rings is 1. The summed E-state index contributed by atoms with van der Waals surface area (Å²) >= 11 is 0. The van der Waals surface area contributed by atoms with Crippen LogP contribution in [-0.4, -0.2) is 45.7 Å². The van der Waals surface area contributed by atoms with Gasteiger partial charge < -0.3 is 15.5 Å². The molecule has 0 bridgehead atoms. The van der Waals surface area contributed by atoms with E-state index in [2.05, 4.69) is 4.98 Å². The number of amides is 2. The Kier molecular flexibility index (Phi) is 4.35. The Balaban J connectivity index is 1.72. The van der Waals surface area contributed by atoms with Crippen molar-refractivity contribution in [2.24, 2.45) is 11.7 Å². The first-order chi connectivity index (χ1) is 10.9. The molecule has 0 spiro atoms. The number of hydrogen-bond donors (Lipinski definition) is 1. The van der Waals surface area contributed by atoms with E-state index in [1.807, 2.05) is 24.1 Å². The zero-order valence-corrected chi connectivity index (χ0v) is 13.8. The number of carbonyl (C=O) groups excluding carboxylic acids is 2. The Hall–Kier alpha value is -1.95. The van der Waals surface area contributed by atoms with E-state index in [1.54, 1.807) is 11.8 Å². The molecule has 23 heavy (non-hydrogen) atoms. The fourth-order valence-electron chi connectivity index (χ4n) is 3.50. The predicted octanol–water partition coefficient (Wildman–Crippen LogP) is 0.818. The summed E-state index contributed by atoms with van der Waals surface area (Å²) in [5.41, 5.74) is 9.31. The minimum Gasteiger partial charge on any atom is -0.341 e. The highest BCUT2D eigenvalue weighted by Crippen LogP contribution is 2.26. The van der Waals surface area contributed by atoms with E-state index in [0.29, 0.717) is 26.2 Å². The van der Waals surface area contributed by atoms with E-state index in [9.17, 15) is 9.59 Å². The molecule has 2 aliphatic heterocycles. The van der Waals surface area contributed by atoms with Gasteiger partial charge in [0, 0.05) is 51.0 Å². The smallest absolute Gasteiger partial charge is 0.228 e. The van der Waals surface area contributed by atoms with E-state index in [4.69, 9.17) is 5.73 Å². The van der Waals surface area contributed by atoms with Crippen LogP contribution in [0.3, 0.4) is 0 Å². The summed E-state index contributed by atoms with van der Waals surface area (Å²) in [6, 6.07) is 2.01. The maximum absolute atomic E-state index is 12.9. The summed E-state index contributed by atoms with van der Waals surface area (Å²) in [7, 11) is 0. The molecule has 2 atom stereocenters. The number of aromatic nitrogens is 1. The first kappa shape index (κ1) is 15.9. The van der Waals surface area contributed by atoms with Gasteiger partial charge in [0.1, 0.15) is 0 Å². The molecule has 1 saturated heterocycles. The van der Waals surface area contributed by atoms with Gasteiger partial charge in [-0.05, 0) is 37.0 Å². The minimum absolute atomic E-state index is 0.00955. The lowest BCUT2D eigenvalue weighted by atomic mass is 10.0. The molecule has 0 aromatic carbocycles. The number of carbonyl (C=O) groups is 2. The van der Waals surface area contributed by atoms with Gasteiger partial charge in [0.05, 0.1) is 5.92 Å². The SMILES string of the molecule is CC(=O)N1C[C@@H](N)CC[C@@H](C(=O)N2Cc3cnc(C)cc3C2)C1. The lowest BCUT2D eigenvalue weighted by Crippen LogP contribution is -2.42. The van der Waals surface area contributed by atoms with Crippen LogP contribution in [0.25, 0.3) is 0 Å². The van der Waals surface area contributed by atoms with Gasteiger partial charge in [-0.2, -0.15) is 0 Å². The van der Waals surface area contributed by atoms with Gasteiger partial charge in [-0.25, -0.2) is 0 Å². The molecule has 1 aromatic rings. The molecule has 124 valence electrons. The van der Waals surface area contributed by atoms with Crippen molar-refractivity contribution in [2.75, 3.05) is 13.1 Å². The van der Waals surface area contributed by atoms with Crippen LogP contribution in [-0.2, 0) is 22.7 Å². The highest BCUT2D eigenvalue weighted by molar-refractivity contribution is 5.81. The summed E-state index contributed by atoms with van der Waals surface area (Å²) in [4.78, 5) is 32.6. The maximum Gasteiger partial charge on any atom is 0.228 e. The first-order valence-corrected chi connectivity index (χ1v) is 8.18. The van der Waals surface area contributed by atoms with Crippen molar-refractivity contribution in [3.8, 4) is 0 Å². The van der Waals surface area contributed by atoms with Crippen LogP contribution < -0.4 is 5.73 Å². The number of nitrogens with zero attached hydrogens (tertiary/aromatic N) is 3. The highest BCUT2D eigenvalue weighted by Gasteiger charge is 2.33. The van der Waals surface area contributed by atoms with Crippen molar-refractivity contribution in [3.63, 3.8) is 0 Å². The predicted molar refractivity (Wildman–Crippen MR) is 86.2 cm³/mol. The zero-order chi connectivity index (χ0) is 16.6. The molecule has 1 fully saturated rings. The molecule has 2 N–H and O–H groups in total. The van der Waals surface area contributed by atoms with Gasteiger partial charge in [0.15, 0.2) is 0 Å². The van der Waals surface area contributed by atoms with E-state index in [1.165, 1.54) is 5.56 Å². The molecule has 1 aromatic heterocycles. The van der Waals surface area contributed by atoms with Crippen LogP contribution in [0.4, 0.5) is 0 Å². The van der Waals surface area contributed by atoms with Crippen LogP contribution in [0.1, 0.15) is 36.6 Å². The quantitative estimate of drug-likeness (QED) is 0.832. The van der Waals surface area contributed by atoms with E-state index >= 15 is 0 Å². The lowest BCUT2D eigenvalue weighted by molar-refractivity contribution is -0.138. The second-order valence-corrected chi connectivity index (χ2v) is 6.75. The molecule has 0 radical (unpaired) electrons. The van der Waals surface area contributed by atoms with Gasteiger partial charge in [0.25, 0.3) is 0 Å². The fourth-order valence-corrected chi connectivity index (χ4v) is 3.50.